The van der Waals surface area contributed by atoms with Crippen molar-refractivity contribution < 1.29 is 14.7 Å². The first-order valence-corrected chi connectivity index (χ1v) is 7.07. The molecule has 2 amide bonds. The zero-order chi connectivity index (χ0) is 15.4. The van der Waals surface area contributed by atoms with E-state index >= 15 is 0 Å². The van der Waals surface area contributed by atoms with Crippen LogP contribution in [-0.2, 0) is 11.3 Å². The maximum atomic E-state index is 12.3. The van der Waals surface area contributed by atoms with Crippen LogP contribution in [0.1, 0.15) is 18.9 Å². The van der Waals surface area contributed by atoms with Gasteiger partial charge in [0, 0.05) is 24.8 Å². The number of nitrogens with one attached hydrogen (secondary N) is 2. The lowest BCUT2D eigenvalue weighted by molar-refractivity contribution is -0.142. The van der Waals surface area contributed by atoms with Crippen molar-refractivity contribution in [2.75, 3.05) is 18.9 Å². The van der Waals surface area contributed by atoms with Gasteiger partial charge in [0.15, 0.2) is 0 Å². The number of likely N-dealkylation sites (tertiary alicyclic amines) is 1. The number of hydrogen-bond acceptors (Lipinski definition) is 3. The monoisotopic (exact) mass is 291 g/mol. The Morgan fingerprint density at radius 1 is 1.43 bits per heavy atom. The molecule has 0 radical (unpaired) electrons. The molecule has 1 fully saturated rings. The fraction of sp³-hybridized carbons (Fsp3) is 0.467. The molecule has 6 heteroatoms. The summed E-state index contributed by atoms with van der Waals surface area (Å²) >= 11 is 0. The summed E-state index contributed by atoms with van der Waals surface area (Å²) in [4.78, 5) is 24.9. The van der Waals surface area contributed by atoms with Crippen molar-refractivity contribution in [2.24, 2.45) is 5.92 Å². The van der Waals surface area contributed by atoms with Crippen LogP contribution in [0.25, 0.3) is 0 Å². The average molecular weight is 291 g/mol. The van der Waals surface area contributed by atoms with Gasteiger partial charge in [0.25, 0.3) is 0 Å². The van der Waals surface area contributed by atoms with Gasteiger partial charge in [0.05, 0.1) is 5.92 Å². The van der Waals surface area contributed by atoms with E-state index in [1.165, 1.54) is 0 Å². The Labute approximate surface area is 124 Å². The van der Waals surface area contributed by atoms with Gasteiger partial charge in [-0.1, -0.05) is 12.1 Å². The van der Waals surface area contributed by atoms with Gasteiger partial charge in [-0.15, -0.1) is 0 Å². The SMILES string of the molecule is CNCc1cccc(NC(=O)N2CCC(C(=O)O)C2C)c1. The van der Waals surface area contributed by atoms with Gasteiger partial charge < -0.3 is 20.6 Å². The Morgan fingerprint density at radius 3 is 2.81 bits per heavy atom. The fourth-order valence-electron chi connectivity index (χ4n) is 2.71. The summed E-state index contributed by atoms with van der Waals surface area (Å²) in [6.45, 7) is 2.98. The minimum atomic E-state index is -0.839. The Morgan fingerprint density at radius 2 is 2.19 bits per heavy atom. The first-order chi connectivity index (χ1) is 10.0. The number of urea groups is 1. The predicted octanol–water partition coefficient (Wildman–Crippen LogP) is 1.73. The molecule has 2 unspecified atom stereocenters. The molecule has 1 aliphatic heterocycles. The number of rotatable bonds is 4. The third-order valence-corrected chi connectivity index (χ3v) is 3.89. The molecule has 1 saturated heterocycles. The molecular formula is C15H21N3O3. The standard InChI is InChI=1S/C15H21N3O3/c1-10-13(14(19)20)6-7-18(10)15(21)17-12-5-3-4-11(8-12)9-16-2/h3-5,8,10,13,16H,6-7,9H2,1-2H3,(H,17,21)(H,19,20). The van der Waals surface area contributed by atoms with E-state index < -0.39 is 11.9 Å². The predicted molar refractivity (Wildman–Crippen MR) is 80.1 cm³/mol. The molecule has 114 valence electrons. The number of carbonyl (C=O) groups excluding carboxylic acids is 1. The molecular weight excluding hydrogens is 270 g/mol. The van der Waals surface area contributed by atoms with E-state index in [1.54, 1.807) is 11.8 Å². The van der Waals surface area contributed by atoms with Gasteiger partial charge in [-0.2, -0.15) is 0 Å². The molecule has 1 aromatic rings. The first kappa shape index (κ1) is 15.3. The number of nitrogens with zero attached hydrogens (tertiary/aromatic N) is 1. The lowest BCUT2D eigenvalue weighted by atomic mass is 10.0. The molecule has 0 bridgehead atoms. The number of hydrogen-bond donors (Lipinski definition) is 3. The number of carbonyl (C=O) groups is 2. The van der Waals surface area contributed by atoms with Crippen molar-refractivity contribution in [3.8, 4) is 0 Å². The summed E-state index contributed by atoms with van der Waals surface area (Å²) in [7, 11) is 1.86. The molecule has 1 aromatic carbocycles. The van der Waals surface area contributed by atoms with Crippen LogP contribution in [0.15, 0.2) is 24.3 Å². The van der Waals surface area contributed by atoms with Gasteiger partial charge >= 0.3 is 12.0 Å². The van der Waals surface area contributed by atoms with Crippen LogP contribution in [-0.4, -0.2) is 41.6 Å². The number of carboxylic acid groups (broad SMARTS) is 1. The molecule has 3 N–H and O–H groups in total. The highest BCUT2D eigenvalue weighted by Crippen LogP contribution is 2.25. The highest BCUT2D eigenvalue weighted by Gasteiger charge is 2.38. The molecule has 0 spiro atoms. The van der Waals surface area contributed by atoms with E-state index in [2.05, 4.69) is 10.6 Å². The Kier molecular flexibility index (Phi) is 4.80. The maximum Gasteiger partial charge on any atom is 0.322 e. The summed E-state index contributed by atoms with van der Waals surface area (Å²) < 4.78 is 0. The quantitative estimate of drug-likeness (QED) is 0.789. The van der Waals surface area contributed by atoms with Gasteiger partial charge in [0.1, 0.15) is 0 Å². The average Bonchev–Trinajstić information content (AvgIpc) is 2.81. The van der Waals surface area contributed by atoms with Crippen LogP contribution >= 0.6 is 0 Å². The molecule has 0 aromatic heterocycles. The molecule has 6 nitrogen and oxygen atoms in total. The van der Waals surface area contributed by atoms with Crippen molar-refractivity contribution in [2.45, 2.75) is 25.9 Å². The normalized spacial score (nSPS) is 21.3. The fourth-order valence-corrected chi connectivity index (χ4v) is 2.71. The molecule has 0 aliphatic carbocycles. The highest BCUT2D eigenvalue weighted by atomic mass is 16.4. The van der Waals surface area contributed by atoms with Crippen LogP contribution in [0.2, 0.25) is 0 Å². The van der Waals surface area contributed by atoms with Crippen LogP contribution < -0.4 is 10.6 Å². The molecule has 2 atom stereocenters. The van der Waals surface area contributed by atoms with Gasteiger partial charge in [-0.3, -0.25) is 4.79 Å². The second-order valence-electron chi connectivity index (χ2n) is 5.33. The summed E-state index contributed by atoms with van der Waals surface area (Å²) in [6, 6.07) is 7.06. The van der Waals surface area contributed by atoms with E-state index in [4.69, 9.17) is 5.11 Å². The minimum Gasteiger partial charge on any atom is -0.481 e. The van der Waals surface area contributed by atoms with Crippen LogP contribution in [0.5, 0.6) is 0 Å². The van der Waals surface area contributed by atoms with Crippen LogP contribution in [0.3, 0.4) is 0 Å². The maximum absolute atomic E-state index is 12.3. The number of anilines is 1. The third kappa shape index (κ3) is 3.52. The Hall–Kier alpha value is -2.08. The third-order valence-electron chi connectivity index (χ3n) is 3.89. The minimum absolute atomic E-state index is 0.243. The second kappa shape index (κ2) is 6.58. The van der Waals surface area contributed by atoms with E-state index in [9.17, 15) is 9.59 Å². The molecule has 21 heavy (non-hydrogen) atoms. The van der Waals surface area contributed by atoms with E-state index in [0.717, 1.165) is 17.8 Å². The lowest BCUT2D eigenvalue weighted by Gasteiger charge is -2.23. The zero-order valence-electron chi connectivity index (χ0n) is 12.3. The molecule has 1 heterocycles. The zero-order valence-corrected chi connectivity index (χ0v) is 12.3. The Bertz CT molecular complexity index is 533. The van der Waals surface area contributed by atoms with Crippen molar-refractivity contribution in [1.29, 1.82) is 0 Å². The summed E-state index contributed by atoms with van der Waals surface area (Å²) in [6.07, 6.45) is 0.504. The van der Waals surface area contributed by atoms with Crippen molar-refractivity contribution in [3.05, 3.63) is 29.8 Å². The second-order valence-corrected chi connectivity index (χ2v) is 5.33. The molecule has 2 rings (SSSR count). The van der Waals surface area contributed by atoms with Crippen LogP contribution in [0, 0.1) is 5.92 Å². The van der Waals surface area contributed by atoms with Crippen molar-refractivity contribution in [3.63, 3.8) is 0 Å². The number of benzene rings is 1. The highest BCUT2D eigenvalue weighted by molar-refractivity contribution is 5.90. The molecule has 1 aliphatic rings. The topological polar surface area (TPSA) is 81.7 Å². The summed E-state index contributed by atoms with van der Waals surface area (Å²) in [5.41, 5.74) is 1.80. The first-order valence-electron chi connectivity index (χ1n) is 7.07. The largest absolute Gasteiger partial charge is 0.481 e. The number of amides is 2. The van der Waals surface area contributed by atoms with E-state index in [0.29, 0.717) is 13.0 Å². The van der Waals surface area contributed by atoms with E-state index in [1.807, 2.05) is 31.3 Å². The van der Waals surface area contributed by atoms with Crippen LogP contribution in [0.4, 0.5) is 10.5 Å². The summed E-state index contributed by atoms with van der Waals surface area (Å²) in [5.74, 6) is -1.32. The summed E-state index contributed by atoms with van der Waals surface area (Å²) in [5, 5.41) is 15.0. The smallest absolute Gasteiger partial charge is 0.322 e. The van der Waals surface area contributed by atoms with E-state index in [-0.39, 0.29) is 12.1 Å². The lowest BCUT2D eigenvalue weighted by Crippen LogP contribution is -2.40. The number of carboxylic acids is 1. The van der Waals surface area contributed by atoms with Gasteiger partial charge in [-0.25, -0.2) is 4.79 Å². The Balaban J connectivity index is 2.02. The number of aliphatic carboxylic acids is 1. The van der Waals surface area contributed by atoms with Gasteiger partial charge in [0.2, 0.25) is 0 Å². The van der Waals surface area contributed by atoms with Crippen molar-refractivity contribution >= 4 is 17.7 Å². The van der Waals surface area contributed by atoms with Crippen molar-refractivity contribution in [1.82, 2.24) is 10.2 Å². The van der Waals surface area contributed by atoms with Gasteiger partial charge in [-0.05, 0) is 38.1 Å². The molecule has 0 saturated carbocycles.